The van der Waals surface area contributed by atoms with Crippen LogP contribution >= 0.6 is 0 Å². The minimum Gasteiger partial charge on any atom is -0.497 e. The number of nitrogens with one attached hydrogen (secondary N) is 2. The van der Waals surface area contributed by atoms with Crippen molar-refractivity contribution in [2.75, 3.05) is 13.7 Å². The molecule has 0 spiro atoms. The van der Waals surface area contributed by atoms with Crippen LogP contribution in [-0.4, -0.2) is 25.7 Å². The SMILES string of the molecule is CCNC(=NCc1cccc(OC)c1)NC1CC=CC1. The van der Waals surface area contributed by atoms with Crippen molar-refractivity contribution in [3.05, 3.63) is 42.0 Å². The second kappa shape index (κ2) is 7.58. The quantitative estimate of drug-likeness (QED) is 0.492. The Hall–Kier alpha value is -1.97. The Morgan fingerprint density at radius 1 is 1.35 bits per heavy atom. The fourth-order valence-corrected chi connectivity index (χ4v) is 2.19. The van der Waals surface area contributed by atoms with E-state index in [4.69, 9.17) is 4.74 Å². The molecule has 0 bridgehead atoms. The third kappa shape index (κ3) is 4.30. The lowest BCUT2D eigenvalue weighted by Gasteiger charge is -2.16. The third-order valence-electron chi connectivity index (χ3n) is 3.25. The van der Waals surface area contributed by atoms with E-state index in [1.54, 1.807) is 7.11 Å². The molecular weight excluding hydrogens is 250 g/mol. The van der Waals surface area contributed by atoms with E-state index in [2.05, 4.69) is 40.8 Å². The number of benzene rings is 1. The molecular formula is C16H23N3O. The fraction of sp³-hybridized carbons (Fsp3) is 0.438. The van der Waals surface area contributed by atoms with Gasteiger partial charge in [-0.15, -0.1) is 0 Å². The Morgan fingerprint density at radius 3 is 2.85 bits per heavy atom. The van der Waals surface area contributed by atoms with Crippen LogP contribution in [0.5, 0.6) is 5.75 Å². The molecule has 0 fully saturated rings. The minimum atomic E-state index is 0.470. The van der Waals surface area contributed by atoms with Gasteiger partial charge in [-0.3, -0.25) is 0 Å². The zero-order valence-electron chi connectivity index (χ0n) is 12.2. The van der Waals surface area contributed by atoms with Gasteiger partial charge in [-0.05, 0) is 37.5 Å². The normalized spacial score (nSPS) is 15.4. The summed E-state index contributed by atoms with van der Waals surface area (Å²) in [6, 6.07) is 8.49. The zero-order chi connectivity index (χ0) is 14.2. The molecule has 0 amide bonds. The highest BCUT2D eigenvalue weighted by Gasteiger charge is 2.11. The molecule has 0 unspecified atom stereocenters. The summed E-state index contributed by atoms with van der Waals surface area (Å²) in [5.74, 6) is 1.75. The van der Waals surface area contributed by atoms with Gasteiger partial charge >= 0.3 is 0 Å². The summed E-state index contributed by atoms with van der Waals surface area (Å²) in [5.41, 5.74) is 1.14. The number of rotatable bonds is 5. The van der Waals surface area contributed by atoms with E-state index < -0.39 is 0 Å². The van der Waals surface area contributed by atoms with Crippen LogP contribution in [0.25, 0.3) is 0 Å². The third-order valence-corrected chi connectivity index (χ3v) is 3.25. The monoisotopic (exact) mass is 273 g/mol. The van der Waals surface area contributed by atoms with Gasteiger partial charge in [-0.1, -0.05) is 24.3 Å². The minimum absolute atomic E-state index is 0.470. The van der Waals surface area contributed by atoms with Gasteiger partial charge in [-0.2, -0.15) is 0 Å². The second-order valence-electron chi connectivity index (χ2n) is 4.83. The zero-order valence-corrected chi connectivity index (χ0v) is 12.2. The Labute approximate surface area is 120 Å². The van der Waals surface area contributed by atoms with Crippen LogP contribution in [0.15, 0.2) is 41.4 Å². The van der Waals surface area contributed by atoms with Gasteiger partial charge in [0.1, 0.15) is 5.75 Å². The van der Waals surface area contributed by atoms with Crippen LogP contribution < -0.4 is 15.4 Å². The Balaban J connectivity index is 1.96. The van der Waals surface area contributed by atoms with Crippen molar-refractivity contribution in [3.63, 3.8) is 0 Å². The predicted octanol–water partition coefficient (Wildman–Crippen LogP) is 2.47. The van der Waals surface area contributed by atoms with Gasteiger partial charge in [0.2, 0.25) is 0 Å². The molecule has 0 aromatic heterocycles. The van der Waals surface area contributed by atoms with Crippen LogP contribution in [-0.2, 0) is 6.54 Å². The van der Waals surface area contributed by atoms with E-state index in [-0.39, 0.29) is 0 Å². The topological polar surface area (TPSA) is 45.7 Å². The molecule has 0 heterocycles. The molecule has 1 aliphatic rings. The number of nitrogens with zero attached hydrogens (tertiary/aromatic N) is 1. The molecule has 1 aromatic rings. The maximum atomic E-state index is 5.23. The molecule has 4 nitrogen and oxygen atoms in total. The van der Waals surface area contributed by atoms with Crippen molar-refractivity contribution in [1.29, 1.82) is 0 Å². The number of aliphatic imine (C=N–C) groups is 1. The molecule has 0 saturated heterocycles. The lowest BCUT2D eigenvalue weighted by molar-refractivity contribution is 0.414. The average Bonchev–Trinajstić information content (AvgIpc) is 2.98. The van der Waals surface area contributed by atoms with Crippen LogP contribution in [0, 0.1) is 0 Å². The van der Waals surface area contributed by atoms with Gasteiger partial charge in [0.05, 0.1) is 13.7 Å². The van der Waals surface area contributed by atoms with Crippen molar-refractivity contribution >= 4 is 5.96 Å². The number of guanidine groups is 1. The van der Waals surface area contributed by atoms with Gasteiger partial charge in [0, 0.05) is 12.6 Å². The molecule has 108 valence electrons. The molecule has 20 heavy (non-hydrogen) atoms. The highest BCUT2D eigenvalue weighted by molar-refractivity contribution is 5.80. The van der Waals surface area contributed by atoms with Crippen molar-refractivity contribution in [2.45, 2.75) is 32.4 Å². The van der Waals surface area contributed by atoms with Gasteiger partial charge < -0.3 is 15.4 Å². The summed E-state index contributed by atoms with van der Waals surface area (Å²) in [6.45, 7) is 3.59. The Kier molecular flexibility index (Phi) is 5.47. The molecule has 2 rings (SSSR count). The highest BCUT2D eigenvalue weighted by Crippen LogP contribution is 2.13. The first-order valence-electron chi connectivity index (χ1n) is 7.14. The first kappa shape index (κ1) is 14.4. The molecule has 2 N–H and O–H groups in total. The molecule has 4 heteroatoms. The van der Waals surface area contributed by atoms with E-state index in [0.717, 1.165) is 36.7 Å². The first-order valence-corrected chi connectivity index (χ1v) is 7.14. The molecule has 0 radical (unpaired) electrons. The summed E-state index contributed by atoms with van der Waals surface area (Å²) < 4.78 is 5.23. The van der Waals surface area contributed by atoms with E-state index >= 15 is 0 Å². The summed E-state index contributed by atoms with van der Waals surface area (Å²) in [4.78, 5) is 4.63. The standard InChI is InChI=1S/C16H23N3O/c1-3-17-16(19-14-8-4-5-9-14)18-12-13-7-6-10-15(11-13)20-2/h4-7,10-11,14H,3,8-9,12H2,1-2H3,(H2,17,18,19). The lowest BCUT2D eigenvalue weighted by atomic mass is 10.2. The molecule has 0 atom stereocenters. The van der Waals surface area contributed by atoms with Crippen molar-refractivity contribution in [1.82, 2.24) is 10.6 Å². The summed E-state index contributed by atoms with van der Waals surface area (Å²) in [7, 11) is 1.68. The average molecular weight is 273 g/mol. The van der Waals surface area contributed by atoms with Crippen molar-refractivity contribution in [3.8, 4) is 5.75 Å². The fourth-order valence-electron chi connectivity index (χ4n) is 2.19. The van der Waals surface area contributed by atoms with E-state index in [1.807, 2.05) is 18.2 Å². The summed E-state index contributed by atoms with van der Waals surface area (Å²) in [5, 5.41) is 6.75. The largest absolute Gasteiger partial charge is 0.497 e. The van der Waals surface area contributed by atoms with Crippen molar-refractivity contribution in [2.24, 2.45) is 4.99 Å². The molecule has 1 aliphatic carbocycles. The maximum absolute atomic E-state index is 5.23. The van der Waals surface area contributed by atoms with Crippen LogP contribution in [0.3, 0.4) is 0 Å². The summed E-state index contributed by atoms with van der Waals surface area (Å²) >= 11 is 0. The molecule has 0 aliphatic heterocycles. The van der Waals surface area contributed by atoms with Gasteiger partial charge in [0.25, 0.3) is 0 Å². The first-order chi connectivity index (χ1) is 9.81. The van der Waals surface area contributed by atoms with Gasteiger partial charge in [-0.25, -0.2) is 4.99 Å². The van der Waals surface area contributed by atoms with Crippen LogP contribution in [0.4, 0.5) is 0 Å². The maximum Gasteiger partial charge on any atom is 0.191 e. The van der Waals surface area contributed by atoms with Crippen LogP contribution in [0.1, 0.15) is 25.3 Å². The summed E-state index contributed by atoms with van der Waals surface area (Å²) in [6.07, 6.45) is 6.57. The molecule has 1 aromatic carbocycles. The molecule has 0 saturated carbocycles. The van der Waals surface area contributed by atoms with E-state index in [9.17, 15) is 0 Å². The Bertz CT molecular complexity index is 474. The predicted molar refractivity (Wildman–Crippen MR) is 83.1 cm³/mol. The lowest BCUT2D eigenvalue weighted by Crippen LogP contribution is -2.42. The van der Waals surface area contributed by atoms with E-state index in [0.29, 0.717) is 12.6 Å². The number of methoxy groups -OCH3 is 1. The second-order valence-corrected chi connectivity index (χ2v) is 4.83. The van der Waals surface area contributed by atoms with Crippen LogP contribution in [0.2, 0.25) is 0 Å². The Morgan fingerprint density at radius 2 is 2.15 bits per heavy atom. The van der Waals surface area contributed by atoms with Crippen molar-refractivity contribution < 1.29 is 4.74 Å². The van der Waals surface area contributed by atoms with Gasteiger partial charge in [0.15, 0.2) is 5.96 Å². The van der Waals surface area contributed by atoms with E-state index in [1.165, 1.54) is 0 Å². The number of hydrogen-bond acceptors (Lipinski definition) is 2. The number of ether oxygens (including phenoxy) is 1. The highest BCUT2D eigenvalue weighted by atomic mass is 16.5. The smallest absolute Gasteiger partial charge is 0.191 e. The number of hydrogen-bond donors (Lipinski definition) is 2.